The van der Waals surface area contributed by atoms with Gasteiger partial charge < -0.3 is 0 Å². The monoisotopic (exact) mass is 512 g/mol. The van der Waals surface area contributed by atoms with Gasteiger partial charge in [-0.15, -0.1) is 22.7 Å². The van der Waals surface area contributed by atoms with Crippen LogP contribution in [0, 0.1) is 20.8 Å². The normalized spacial score (nSPS) is 12.9. The van der Waals surface area contributed by atoms with Crippen molar-refractivity contribution in [2.24, 2.45) is 0 Å². The fourth-order valence-corrected chi connectivity index (χ4v) is 6.83. The third-order valence-electron chi connectivity index (χ3n) is 6.50. The molecule has 36 heavy (non-hydrogen) atoms. The Morgan fingerprint density at radius 2 is 1.19 bits per heavy atom. The van der Waals surface area contributed by atoms with Crippen molar-refractivity contribution in [1.82, 2.24) is 0 Å². The molecule has 184 valence electrons. The second-order valence-electron chi connectivity index (χ2n) is 8.82. The summed E-state index contributed by atoms with van der Waals surface area (Å²) in [4.78, 5) is 30.5. The second kappa shape index (κ2) is 11.3. The van der Waals surface area contributed by atoms with Crippen LogP contribution in [0.3, 0.4) is 0 Å². The van der Waals surface area contributed by atoms with E-state index in [4.69, 9.17) is 0 Å². The molecule has 0 aliphatic heterocycles. The van der Waals surface area contributed by atoms with Gasteiger partial charge in [0.05, 0.1) is 0 Å². The summed E-state index contributed by atoms with van der Waals surface area (Å²) in [5.41, 5.74) is 7.70. The van der Waals surface area contributed by atoms with E-state index in [1.165, 1.54) is 48.2 Å². The lowest BCUT2D eigenvalue weighted by molar-refractivity contribution is 0.0817. The lowest BCUT2D eigenvalue weighted by Gasteiger charge is -2.07. The number of carbonyl (C=O) groups excluding carboxylic acids is 2. The fraction of sp³-hybridized carbons (Fsp3) is 0.250. The average Bonchev–Trinajstić information content (AvgIpc) is 3.62. The van der Waals surface area contributed by atoms with Gasteiger partial charge in [-0.2, -0.15) is 0 Å². The molecule has 0 fully saturated rings. The zero-order valence-electron chi connectivity index (χ0n) is 21.6. The van der Waals surface area contributed by atoms with E-state index in [-0.39, 0.29) is 0 Å². The Hall–Kier alpha value is -3.08. The summed E-state index contributed by atoms with van der Waals surface area (Å²) >= 11 is 3.68. The van der Waals surface area contributed by atoms with E-state index in [0.717, 1.165) is 18.4 Å². The Morgan fingerprint density at radius 3 is 1.75 bits per heavy atom. The molecule has 1 aliphatic carbocycles. The fourth-order valence-electron chi connectivity index (χ4n) is 4.83. The maximum atomic E-state index is 12.7. The summed E-state index contributed by atoms with van der Waals surface area (Å²) in [6.45, 7) is 10.6. The van der Waals surface area contributed by atoms with E-state index in [9.17, 15) is 9.59 Å². The summed E-state index contributed by atoms with van der Waals surface area (Å²) in [5.74, 6) is -0.940. The van der Waals surface area contributed by atoms with Crippen LogP contribution in [0.1, 0.15) is 79.6 Å². The van der Waals surface area contributed by atoms with Gasteiger partial charge in [-0.1, -0.05) is 68.4 Å². The van der Waals surface area contributed by atoms with Crippen LogP contribution in [0.15, 0.2) is 66.7 Å². The van der Waals surface area contributed by atoms with Crippen LogP contribution >= 0.6 is 22.7 Å². The summed E-state index contributed by atoms with van der Waals surface area (Å²) in [6, 6.07) is 20.8. The molecule has 0 bridgehead atoms. The van der Waals surface area contributed by atoms with Gasteiger partial charge in [0.2, 0.25) is 11.6 Å². The molecule has 4 aromatic rings. The number of benzene rings is 2. The minimum Gasteiger partial charge on any atom is -0.285 e. The third kappa shape index (κ3) is 5.21. The smallest absolute Gasteiger partial charge is 0.233 e. The van der Waals surface area contributed by atoms with Crippen LogP contribution in [0.5, 0.6) is 0 Å². The number of carbonyl (C=O) groups is 2. The van der Waals surface area contributed by atoms with Gasteiger partial charge in [0.25, 0.3) is 0 Å². The van der Waals surface area contributed by atoms with Crippen molar-refractivity contribution in [2.75, 3.05) is 0 Å². The number of hydrogen-bond acceptors (Lipinski definition) is 4. The topological polar surface area (TPSA) is 34.1 Å². The zero-order chi connectivity index (χ0) is 25.8. The molecule has 5 rings (SSSR count). The lowest BCUT2D eigenvalue weighted by Crippen LogP contribution is -2.14. The van der Waals surface area contributed by atoms with E-state index < -0.39 is 11.6 Å². The number of allylic oxidation sites excluding steroid dienone is 2. The summed E-state index contributed by atoms with van der Waals surface area (Å²) < 4.78 is 0. The molecule has 2 heterocycles. The van der Waals surface area contributed by atoms with Crippen LogP contribution < -0.4 is 0 Å². The van der Waals surface area contributed by atoms with Gasteiger partial charge in [0.15, 0.2) is 0 Å². The Balaban J connectivity index is 0.00000148. The number of thiophene rings is 2. The quantitative estimate of drug-likeness (QED) is 0.190. The van der Waals surface area contributed by atoms with Gasteiger partial charge in [-0.3, -0.25) is 9.59 Å². The van der Waals surface area contributed by atoms with E-state index in [2.05, 4.69) is 32.9 Å². The predicted octanol–water partition coefficient (Wildman–Crippen LogP) is 9.59. The zero-order valence-corrected chi connectivity index (χ0v) is 23.2. The van der Waals surface area contributed by atoms with E-state index >= 15 is 0 Å². The number of rotatable bonds is 6. The Morgan fingerprint density at radius 1 is 0.667 bits per heavy atom. The van der Waals surface area contributed by atoms with E-state index in [0.29, 0.717) is 11.1 Å². The molecule has 0 amide bonds. The minimum atomic E-state index is -0.470. The van der Waals surface area contributed by atoms with Crippen LogP contribution in [-0.4, -0.2) is 11.6 Å². The van der Waals surface area contributed by atoms with Crippen LogP contribution in [0.2, 0.25) is 0 Å². The molecule has 0 atom stereocenters. The van der Waals surface area contributed by atoms with Crippen molar-refractivity contribution in [1.29, 1.82) is 0 Å². The number of hydrogen-bond donors (Lipinski definition) is 0. The highest BCUT2D eigenvalue weighted by atomic mass is 32.1. The van der Waals surface area contributed by atoms with Crippen molar-refractivity contribution < 1.29 is 9.59 Å². The average molecular weight is 513 g/mol. The first kappa shape index (κ1) is 26.0. The highest BCUT2D eigenvalue weighted by molar-refractivity contribution is 7.15. The highest BCUT2D eigenvalue weighted by Gasteiger charge is 2.23. The first-order valence-electron chi connectivity index (χ1n) is 12.6. The SMILES string of the molecule is CC.Cc1cc(C2=C(c3cc(-c4ccc(C(=O)C(=O)c5ccccc5)cc4)sc3C)CCC2)c(C)s1. The number of aryl methyl sites for hydroxylation is 3. The molecule has 0 saturated heterocycles. The van der Waals surface area contributed by atoms with Crippen molar-refractivity contribution in [3.05, 3.63) is 104 Å². The number of ketones is 2. The van der Waals surface area contributed by atoms with E-state index in [1.807, 2.05) is 43.4 Å². The van der Waals surface area contributed by atoms with Gasteiger partial charge in [-0.05, 0) is 80.0 Å². The van der Waals surface area contributed by atoms with Crippen LogP contribution in [-0.2, 0) is 0 Å². The maximum Gasteiger partial charge on any atom is 0.233 e. The van der Waals surface area contributed by atoms with Gasteiger partial charge >= 0.3 is 0 Å². The van der Waals surface area contributed by atoms with Gasteiger partial charge in [0.1, 0.15) is 0 Å². The molecule has 2 nitrogen and oxygen atoms in total. The molecule has 2 aromatic carbocycles. The van der Waals surface area contributed by atoms with Gasteiger partial charge in [0, 0.05) is 30.6 Å². The Bertz CT molecular complexity index is 1420. The molecule has 0 unspecified atom stereocenters. The van der Waals surface area contributed by atoms with Crippen LogP contribution in [0.4, 0.5) is 0 Å². The molecule has 0 saturated carbocycles. The Kier molecular flexibility index (Phi) is 8.17. The molecule has 0 N–H and O–H groups in total. The van der Waals surface area contributed by atoms with Crippen LogP contribution in [0.25, 0.3) is 21.6 Å². The first-order valence-corrected chi connectivity index (χ1v) is 14.2. The second-order valence-corrected chi connectivity index (χ2v) is 11.5. The molecular formula is C32H32O2S2. The first-order chi connectivity index (χ1) is 17.4. The number of Topliss-reactive ketones (excluding diaryl/α,β-unsaturated/α-hetero) is 2. The minimum absolute atomic E-state index is 0.423. The molecule has 4 heteroatoms. The van der Waals surface area contributed by atoms with Gasteiger partial charge in [-0.25, -0.2) is 0 Å². The van der Waals surface area contributed by atoms with E-state index in [1.54, 1.807) is 47.7 Å². The molecule has 0 spiro atoms. The highest BCUT2D eigenvalue weighted by Crippen LogP contribution is 2.46. The largest absolute Gasteiger partial charge is 0.285 e. The standard InChI is InChI=1S/C30H26O2S2.C2H6/c1-18-16-26(19(2)33-18)24-10-7-11-25(24)27-17-28(34-20(27)3)21-12-14-23(15-13-21)30(32)29(31)22-8-5-4-6-9-22;1-2/h4-6,8-9,12-17H,7,10-11H2,1-3H3;1-2H3. The lowest BCUT2D eigenvalue weighted by atomic mass is 9.97. The van der Waals surface area contributed by atoms with Crippen molar-refractivity contribution >= 4 is 45.4 Å². The van der Waals surface area contributed by atoms with Crippen molar-refractivity contribution in [3.8, 4) is 10.4 Å². The summed E-state index contributed by atoms with van der Waals surface area (Å²) in [5, 5.41) is 0. The third-order valence-corrected chi connectivity index (χ3v) is 8.57. The Labute approximate surface area is 222 Å². The predicted molar refractivity (Wildman–Crippen MR) is 155 cm³/mol. The molecule has 2 aromatic heterocycles. The summed E-state index contributed by atoms with van der Waals surface area (Å²) in [7, 11) is 0. The maximum absolute atomic E-state index is 12.7. The molecular weight excluding hydrogens is 480 g/mol. The van der Waals surface area contributed by atoms with Crippen molar-refractivity contribution in [3.63, 3.8) is 0 Å². The molecule has 1 aliphatic rings. The van der Waals surface area contributed by atoms with Crippen molar-refractivity contribution in [2.45, 2.75) is 53.9 Å². The molecule has 0 radical (unpaired) electrons. The summed E-state index contributed by atoms with van der Waals surface area (Å²) in [6.07, 6.45) is 3.47.